The summed E-state index contributed by atoms with van der Waals surface area (Å²) in [7, 11) is 0. The topological polar surface area (TPSA) is 214 Å². The third-order valence-electron chi connectivity index (χ3n) is 15.7. The van der Waals surface area contributed by atoms with Gasteiger partial charge in [0.25, 0.3) is 0 Å². The van der Waals surface area contributed by atoms with Crippen LogP contribution in [0, 0.1) is 0 Å². The van der Waals surface area contributed by atoms with Crippen molar-refractivity contribution in [1.29, 1.82) is 0 Å². The van der Waals surface area contributed by atoms with Gasteiger partial charge in [0, 0.05) is 13.0 Å². The van der Waals surface area contributed by atoms with Gasteiger partial charge in [0.2, 0.25) is 0 Å². The van der Waals surface area contributed by atoms with E-state index in [1.807, 2.05) is 0 Å². The van der Waals surface area contributed by atoms with E-state index in [4.69, 9.17) is 28.4 Å². The summed E-state index contributed by atoms with van der Waals surface area (Å²) in [6.07, 6.45) is 46.4. The number of carbonyl (C=O) groups excluding carboxylic acids is 1. The third kappa shape index (κ3) is 37.9. The molecule has 11 atom stereocenters. The zero-order valence-electron chi connectivity index (χ0n) is 50.1. The highest BCUT2D eigenvalue weighted by Gasteiger charge is 2.47. The van der Waals surface area contributed by atoms with Gasteiger partial charge in [-0.2, -0.15) is 0 Å². The molecule has 7 N–H and O–H groups in total. The van der Waals surface area contributed by atoms with Crippen molar-refractivity contribution in [3.63, 3.8) is 0 Å². The Labute approximate surface area is 480 Å². The molecule has 2 aliphatic rings. The van der Waals surface area contributed by atoms with Crippen LogP contribution in [0.1, 0.15) is 271 Å². The predicted molar refractivity (Wildman–Crippen MR) is 316 cm³/mol. The highest BCUT2D eigenvalue weighted by Crippen LogP contribution is 2.27. The van der Waals surface area contributed by atoms with Gasteiger partial charge >= 0.3 is 5.97 Å². The second-order valence-electron chi connectivity index (χ2n) is 22.9. The van der Waals surface area contributed by atoms with Crippen LogP contribution in [0.15, 0.2) is 36.5 Å². The molecule has 2 rings (SSSR count). The Bertz CT molecular complexity index is 1450. The molecule has 0 spiro atoms. The summed E-state index contributed by atoms with van der Waals surface area (Å²) in [6, 6.07) is 0. The van der Waals surface area contributed by atoms with Gasteiger partial charge in [-0.15, -0.1) is 0 Å². The number of hydrogen-bond donors (Lipinski definition) is 7. The normalized spacial score (nSPS) is 24.2. The Morgan fingerprint density at radius 3 is 1.23 bits per heavy atom. The molecule has 79 heavy (non-hydrogen) atoms. The first-order valence-electron chi connectivity index (χ1n) is 32.6. The maximum atomic E-state index is 13.1. The van der Waals surface area contributed by atoms with E-state index < -0.39 is 80.7 Å². The van der Waals surface area contributed by atoms with Crippen LogP contribution in [0.25, 0.3) is 0 Å². The van der Waals surface area contributed by atoms with Gasteiger partial charge in [-0.1, -0.05) is 249 Å². The third-order valence-corrected chi connectivity index (χ3v) is 15.7. The van der Waals surface area contributed by atoms with Crippen LogP contribution in [0.4, 0.5) is 0 Å². The van der Waals surface area contributed by atoms with Gasteiger partial charge < -0.3 is 64.2 Å². The number of aliphatic hydroxyl groups excluding tert-OH is 7. The van der Waals surface area contributed by atoms with Crippen LogP contribution in [-0.4, -0.2) is 142 Å². The Morgan fingerprint density at radius 1 is 0.418 bits per heavy atom. The Hall–Kier alpha value is -1.79. The average molecular weight is 1130 g/mol. The van der Waals surface area contributed by atoms with Crippen LogP contribution in [0.5, 0.6) is 0 Å². The number of aliphatic hydroxyl groups is 7. The summed E-state index contributed by atoms with van der Waals surface area (Å²) in [5.41, 5.74) is 0. The molecular weight excluding hydrogens is 1000 g/mol. The van der Waals surface area contributed by atoms with E-state index in [9.17, 15) is 40.5 Å². The number of ether oxygens (including phenoxy) is 6. The summed E-state index contributed by atoms with van der Waals surface area (Å²) >= 11 is 0. The van der Waals surface area contributed by atoms with Crippen LogP contribution < -0.4 is 0 Å². The number of unbranched alkanes of at least 4 members (excludes halogenated alkanes) is 34. The lowest BCUT2D eigenvalue weighted by molar-refractivity contribution is -0.332. The average Bonchev–Trinajstić information content (AvgIpc) is 3.46. The number of carbonyl (C=O) groups is 1. The predicted octanol–water partition coefficient (Wildman–Crippen LogP) is 12.9. The lowest BCUT2D eigenvalue weighted by atomic mass is 9.98. The van der Waals surface area contributed by atoms with Crippen molar-refractivity contribution in [1.82, 2.24) is 0 Å². The monoisotopic (exact) mass is 1120 g/mol. The molecule has 0 bridgehead atoms. The minimum atomic E-state index is -1.71. The first-order chi connectivity index (χ1) is 38.6. The van der Waals surface area contributed by atoms with Crippen molar-refractivity contribution in [3.05, 3.63) is 36.5 Å². The van der Waals surface area contributed by atoms with Crippen molar-refractivity contribution >= 4 is 5.97 Å². The molecule has 0 radical (unpaired) electrons. The van der Waals surface area contributed by atoms with Crippen molar-refractivity contribution in [2.45, 2.75) is 338 Å². The smallest absolute Gasteiger partial charge is 0.306 e. The van der Waals surface area contributed by atoms with Crippen molar-refractivity contribution in [2.24, 2.45) is 0 Å². The van der Waals surface area contributed by atoms with Gasteiger partial charge in [0.15, 0.2) is 12.6 Å². The lowest BCUT2D eigenvalue weighted by Gasteiger charge is -2.42. The maximum Gasteiger partial charge on any atom is 0.306 e. The Balaban J connectivity index is 1.67. The molecule has 0 aromatic rings. The zero-order valence-corrected chi connectivity index (χ0v) is 50.1. The van der Waals surface area contributed by atoms with Gasteiger partial charge in [0.1, 0.15) is 54.9 Å². The van der Waals surface area contributed by atoms with Crippen LogP contribution >= 0.6 is 0 Å². The molecule has 0 amide bonds. The number of hydrogen-bond acceptors (Lipinski definition) is 14. The summed E-state index contributed by atoms with van der Waals surface area (Å²) in [4.78, 5) is 13.1. The molecule has 2 heterocycles. The standard InChI is InChI=1S/C65H120O14/c1-3-5-7-9-11-13-15-17-19-21-23-25-27-28-30-32-34-36-38-40-42-44-46-48-57(67)77-54(51-74-49-47-45-43-41-39-37-35-33-31-29-26-24-22-20-18-16-14-12-10-8-6-4-2)52-75-64-63(73)61(71)59(69)56(79-64)53-76-65-62(72)60(70)58(68)55(50-66)78-65/h16,18,22,24,29,31,54-56,58-66,68-73H,3-15,17,19-21,23,25-28,30,32-53H2,1-2H3/b18-16-,24-22-,31-29-. The van der Waals surface area contributed by atoms with Crippen LogP contribution in [-0.2, 0) is 33.2 Å². The molecule has 14 nitrogen and oxygen atoms in total. The van der Waals surface area contributed by atoms with Crippen LogP contribution in [0.3, 0.4) is 0 Å². The first kappa shape index (κ1) is 73.3. The fraction of sp³-hybridized carbons (Fsp3) is 0.892. The molecule has 464 valence electrons. The largest absolute Gasteiger partial charge is 0.457 e. The second-order valence-corrected chi connectivity index (χ2v) is 22.9. The minimum absolute atomic E-state index is 0.0579. The fourth-order valence-electron chi connectivity index (χ4n) is 10.4. The first-order valence-corrected chi connectivity index (χ1v) is 32.6. The van der Waals surface area contributed by atoms with E-state index in [0.29, 0.717) is 13.0 Å². The Kier molecular flexibility index (Phi) is 48.1. The number of allylic oxidation sites excluding steroid dienone is 6. The van der Waals surface area contributed by atoms with E-state index in [-0.39, 0.29) is 25.6 Å². The van der Waals surface area contributed by atoms with Gasteiger partial charge in [-0.3, -0.25) is 4.79 Å². The van der Waals surface area contributed by atoms with E-state index in [2.05, 4.69) is 50.3 Å². The molecule has 0 aliphatic carbocycles. The van der Waals surface area contributed by atoms with E-state index in [1.165, 1.54) is 186 Å². The van der Waals surface area contributed by atoms with Crippen LogP contribution in [0.2, 0.25) is 0 Å². The van der Waals surface area contributed by atoms with Crippen molar-refractivity contribution < 1.29 is 69.0 Å². The Morgan fingerprint density at radius 2 is 0.785 bits per heavy atom. The quantitative estimate of drug-likeness (QED) is 0.0172. The molecule has 2 saturated heterocycles. The SMILES string of the molecule is CCCCCCC/C=C\C/C=C\C/C=C\CCCCCCCCCOCC(COC1OC(COC2OC(CO)C(O)C(O)C2O)C(O)C(O)C1O)OC(=O)CCCCCCCCCCCCCCCCCCCCCCCCC. The minimum Gasteiger partial charge on any atom is -0.457 e. The molecule has 0 aromatic heterocycles. The van der Waals surface area contributed by atoms with Gasteiger partial charge in [-0.05, 0) is 51.4 Å². The van der Waals surface area contributed by atoms with Gasteiger partial charge in [-0.25, -0.2) is 0 Å². The molecule has 11 unspecified atom stereocenters. The fourth-order valence-corrected chi connectivity index (χ4v) is 10.4. The maximum absolute atomic E-state index is 13.1. The highest BCUT2D eigenvalue weighted by molar-refractivity contribution is 5.69. The summed E-state index contributed by atoms with van der Waals surface area (Å²) in [5, 5.41) is 72.5. The van der Waals surface area contributed by atoms with E-state index in [0.717, 1.165) is 57.8 Å². The molecule has 0 saturated carbocycles. The molecule has 0 aromatic carbocycles. The molecule has 2 fully saturated rings. The number of esters is 1. The van der Waals surface area contributed by atoms with Crippen molar-refractivity contribution in [3.8, 4) is 0 Å². The summed E-state index contributed by atoms with van der Waals surface area (Å²) < 4.78 is 34.5. The van der Waals surface area contributed by atoms with E-state index >= 15 is 0 Å². The number of rotatable bonds is 54. The molecule has 2 aliphatic heterocycles. The van der Waals surface area contributed by atoms with Crippen molar-refractivity contribution in [2.75, 3.05) is 33.0 Å². The summed E-state index contributed by atoms with van der Waals surface area (Å²) in [5.74, 6) is -0.374. The van der Waals surface area contributed by atoms with Gasteiger partial charge in [0.05, 0.1) is 26.4 Å². The summed E-state index contributed by atoms with van der Waals surface area (Å²) in [6.45, 7) is 3.71. The zero-order chi connectivity index (χ0) is 57.2. The highest BCUT2D eigenvalue weighted by atomic mass is 16.7. The molecule has 14 heteroatoms. The molecular formula is C65H120O14. The second kappa shape index (κ2) is 51.8. The van der Waals surface area contributed by atoms with E-state index in [1.54, 1.807) is 0 Å². The lowest BCUT2D eigenvalue weighted by Crippen LogP contribution is -2.61.